The molecule has 1 amide bonds. The van der Waals surface area contributed by atoms with Crippen molar-refractivity contribution in [2.75, 3.05) is 40.1 Å². The number of hydrogen-bond donors (Lipinski definition) is 0. The molecule has 4 rings (SSSR count). The largest absolute Gasteiger partial charge is 0.490 e. The van der Waals surface area contributed by atoms with Crippen molar-refractivity contribution in [3.05, 3.63) is 57.6 Å². The number of amides is 1. The van der Waals surface area contributed by atoms with Crippen molar-refractivity contribution in [1.82, 2.24) is 9.80 Å². The van der Waals surface area contributed by atoms with Crippen LogP contribution in [0.5, 0.6) is 17.2 Å². The maximum absolute atomic E-state index is 12.8. The van der Waals surface area contributed by atoms with Crippen LogP contribution < -0.4 is 14.2 Å². The summed E-state index contributed by atoms with van der Waals surface area (Å²) in [5.74, 6) is 1.45. The summed E-state index contributed by atoms with van der Waals surface area (Å²) >= 11 is 0. The monoisotopic (exact) mass is 435 g/mol. The molecule has 1 fully saturated rings. The van der Waals surface area contributed by atoms with Gasteiger partial charge in [0.05, 0.1) is 12.0 Å². The molecule has 0 unspecified atom stereocenters. The van der Waals surface area contributed by atoms with Gasteiger partial charge in [0.15, 0.2) is 17.2 Å². The van der Waals surface area contributed by atoms with Crippen molar-refractivity contribution in [2.45, 2.75) is 6.54 Å². The number of methoxy groups -OCH3 is 1. The van der Waals surface area contributed by atoms with Crippen molar-refractivity contribution >= 4 is 24.0 Å². The number of carbonyl (C=O) groups excluding carboxylic acids is 1. The van der Waals surface area contributed by atoms with Gasteiger partial charge in [0, 0.05) is 44.4 Å². The van der Waals surface area contributed by atoms with Gasteiger partial charge in [-0.25, -0.2) is 0 Å². The quantitative estimate of drug-likeness (QED) is 0.526. The third-order valence-electron chi connectivity index (χ3n) is 5.13. The normalized spacial score (nSPS) is 15.4. The molecule has 2 aliphatic heterocycles. The van der Waals surface area contributed by atoms with Gasteiger partial charge in [-0.2, -0.15) is 0 Å². The number of carbonyl (C=O) groups is 1. The Morgan fingerprint density at radius 1 is 1.10 bits per heavy atom. The van der Waals surface area contributed by atoms with Crippen molar-refractivity contribution in [3.8, 4) is 17.2 Å². The minimum absolute atomic E-state index is 0. The zero-order chi connectivity index (χ0) is 20.4. The Balaban J connectivity index is 0.00000256. The van der Waals surface area contributed by atoms with Gasteiger partial charge < -0.3 is 19.1 Å². The van der Waals surface area contributed by atoms with Crippen LogP contribution in [-0.2, 0) is 6.54 Å². The Bertz CT molecular complexity index is 946. The van der Waals surface area contributed by atoms with Gasteiger partial charge in [-0.05, 0) is 29.8 Å². The lowest BCUT2D eigenvalue weighted by Crippen LogP contribution is -2.48. The van der Waals surface area contributed by atoms with Gasteiger partial charge in [0.25, 0.3) is 5.91 Å². The first kappa shape index (κ1) is 21.7. The molecule has 2 heterocycles. The van der Waals surface area contributed by atoms with Crippen LogP contribution >= 0.6 is 12.4 Å². The highest BCUT2D eigenvalue weighted by Gasteiger charge is 2.25. The van der Waals surface area contributed by atoms with E-state index in [4.69, 9.17) is 14.2 Å². The standard InChI is InChI=1S/C20H21N3O6.ClH/c1-27-17-5-3-15(11-16(17)23(25)26)20(24)22-8-6-21(7-9-22)12-14-2-4-18-19(10-14)29-13-28-18;/h2-5,10-11H,6-9,12-13H2,1H3;1H. The first-order chi connectivity index (χ1) is 14.0. The van der Waals surface area contributed by atoms with E-state index in [1.54, 1.807) is 11.0 Å². The number of fused-ring (bicyclic) bond motifs is 1. The molecule has 0 saturated carbocycles. The summed E-state index contributed by atoms with van der Waals surface area (Å²) in [6, 6.07) is 10.2. The molecule has 0 N–H and O–H groups in total. The number of nitrogens with zero attached hydrogens (tertiary/aromatic N) is 3. The molecular weight excluding hydrogens is 414 g/mol. The van der Waals surface area contributed by atoms with E-state index in [1.165, 1.54) is 19.2 Å². The average molecular weight is 436 g/mol. The van der Waals surface area contributed by atoms with E-state index in [0.717, 1.165) is 36.7 Å². The fourth-order valence-corrected chi connectivity index (χ4v) is 3.55. The Labute approximate surface area is 179 Å². The van der Waals surface area contributed by atoms with Crippen molar-refractivity contribution < 1.29 is 23.9 Å². The van der Waals surface area contributed by atoms with Crippen molar-refractivity contribution in [2.24, 2.45) is 0 Å². The third-order valence-corrected chi connectivity index (χ3v) is 5.13. The number of halogens is 1. The predicted molar refractivity (Wildman–Crippen MR) is 111 cm³/mol. The van der Waals surface area contributed by atoms with Crippen LogP contribution in [0.25, 0.3) is 0 Å². The number of rotatable bonds is 5. The molecule has 0 aromatic heterocycles. The fourth-order valence-electron chi connectivity index (χ4n) is 3.55. The van der Waals surface area contributed by atoms with E-state index >= 15 is 0 Å². The Morgan fingerprint density at radius 3 is 2.53 bits per heavy atom. The molecule has 0 spiro atoms. The summed E-state index contributed by atoms with van der Waals surface area (Å²) < 4.78 is 15.7. The van der Waals surface area contributed by atoms with Gasteiger partial charge >= 0.3 is 5.69 Å². The molecule has 10 heteroatoms. The van der Waals surface area contributed by atoms with E-state index in [1.807, 2.05) is 18.2 Å². The summed E-state index contributed by atoms with van der Waals surface area (Å²) in [5, 5.41) is 11.2. The number of hydrogen-bond acceptors (Lipinski definition) is 7. The van der Waals surface area contributed by atoms with E-state index in [9.17, 15) is 14.9 Å². The molecular formula is C20H22ClN3O6. The zero-order valence-corrected chi connectivity index (χ0v) is 17.2. The molecule has 0 atom stereocenters. The minimum atomic E-state index is -0.543. The van der Waals surface area contributed by atoms with Gasteiger partial charge in [-0.3, -0.25) is 19.8 Å². The number of nitro groups is 1. The fraction of sp³-hybridized carbons (Fsp3) is 0.350. The summed E-state index contributed by atoms with van der Waals surface area (Å²) in [6.07, 6.45) is 0. The van der Waals surface area contributed by atoms with Gasteiger partial charge in [-0.15, -0.1) is 12.4 Å². The van der Waals surface area contributed by atoms with Gasteiger partial charge in [-0.1, -0.05) is 6.07 Å². The van der Waals surface area contributed by atoms with E-state index < -0.39 is 4.92 Å². The van der Waals surface area contributed by atoms with Crippen LogP contribution in [0.1, 0.15) is 15.9 Å². The second-order valence-electron chi connectivity index (χ2n) is 6.90. The van der Waals surface area contributed by atoms with Gasteiger partial charge in [0.1, 0.15) is 0 Å². The summed E-state index contributed by atoms with van der Waals surface area (Å²) in [5.41, 5.74) is 1.21. The SMILES string of the molecule is COc1ccc(C(=O)N2CCN(Cc3ccc4c(c3)OCO4)CC2)cc1[N+](=O)[O-].Cl. The second-order valence-corrected chi connectivity index (χ2v) is 6.90. The van der Waals surface area contributed by atoms with Crippen LogP contribution in [0, 0.1) is 10.1 Å². The molecule has 0 aliphatic carbocycles. The highest BCUT2D eigenvalue weighted by molar-refractivity contribution is 5.95. The summed E-state index contributed by atoms with van der Waals surface area (Å²) in [4.78, 5) is 27.4. The molecule has 2 aliphatic rings. The van der Waals surface area contributed by atoms with E-state index in [0.29, 0.717) is 18.7 Å². The number of benzene rings is 2. The van der Waals surface area contributed by atoms with Crippen LogP contribution in [0.3, 0.4) is 0 Å². The van der Waals surface area contributed by atoms with E-state index in [2.05, 4.69) is 4.90 Å². The lowest BCUT2D eigenvalue weighted by molar-refractivity contribution is -0.385. The van der Waals surface area contributed by atoms with Gasteiger partial charge in [0.2, 0.25) is 6.79 Å². The van der Waals surface area contributed by atoms with Crippen molar-refractivity contribution in [1.29, 1.82) is 0 Å². The maximum atomic E-state index is 12.8. The number of nitro benzene ring substituents is 1. The van der Waals surface area contributed by atoms with Crippen LogP contribution in [0.15, 0.2) is 36.4 Å². The zero-order valence-electron chi connectivity index (χ0n) is 16.4. The molecule has 0 bridgehead atoms. The first-order valence-corrected chi connectivity index (χ1v) is 9.28. The Kier molecular flexibility index (Phi) is 6.63. The van der Waals surface area contributed by atoms with Crippen LogP contribution in [0.2, 0.25) is 0 Å². The predicted octanol–water partition coefficient (Wildman–Crippen LogP) is 2.71. The van der Waals surface area contributed by atoms with Crippen molar-refractivity contribution in [3.63, 3.8) is 0 Å². The second kappa shape index (κ2) is 9.19. The topological polar surface area (TPSA) is 94.4 Å². The smallest absolute Gasteiger partial charge is 0.311 e. The molecule has 0 radical (unpaired) electrons. The number of piperazine rings is 1. The molecule has 30 heavy (non-hydrogen) atoms. The first-order valence-electron chi connectivity index (χ1n) is 9.28. The molecule has 1 saturated heterocycles. The van der Waals surface area contributed by atoms with Crippen LogP contribution in [-0.4, -0.2) is 60.7 Å². The summed E-state index contributed by atoms with van der Waals surface area (Å²) in [7, 11) is 1.36. The molecule has 2 aromatic rings. The van der Waals surface area contributed by atoms with Crippen LogP contribution in [0.4, 0.5) is 5.69 Å². The lowest BCUT2D eigenvalue weighted by atomic mass is 10.1. The molecule has 160 valence electrons. The Morgan fingerprint density at radius 2 is 1.83 bits per heavy atom. The lowest BCUT2D eigenvalue weighted by Gasteiger charge is -2.34. The summed E-state index contributed by atoms with van der Waals surface area (Å²) in [6.45, 7) is 3.57. The average Bonchev–Trinajstić information content (AvgIpc) is 3.21. The highest BCUT2D eigenvalue weighted by atomic mass is 35.5. The number of ether oxygens (including phenoxy) is 3. The third kappa shape index (κ3) is 4.42. The van der Waals surface area contributed by atoms with E-state index in [-0.39, 0.29) is 36.5 Å². The minimum Gasteiger partial charge on any atom is -0.490 e. The molecule has 9 nitrogen and oxygen atoms in total. The molecule has 2 aromatic carbocycles. The Hall–Kier alpha value is -3.04. The maximum Gasteiger partial charge on any atom is 0.311 e. The highest BCUT2D eigenvalue weighted by Crippen LogP contribution is 2.33.